The first-order valence-electron chi connectivity index (χ1n) is 10.5. The maximum Gasteiger partial charge on any atom is 0.334 e. The van der Waals surface area contributed by atoms with Gasteiger partial charge in [-0.05, 0) is 23.1 Å². The zero-order valence-electron chi connectivity index (χ0n) is 17.7. The molecule has 1 aliphatic heterocycles. The van der Waals surface area contributed by atoms with E-state index < -0.39 is 23.3 Å². The molecule has 0 radical (unpaired) electrons. The fourth-order valence-corrected chi connectivity index (χ4v) is 4.16. The Morgan fingerprint density at radius 3 is 1.47 bits per heavy atom. The van der Waals surface area contributed by atoms with Crippen LogP contribution in [0.1, 0.15) is 23.1 Å². The second-order valence-corrected chi connectivity index (χ2v) is 7.80. The van der Waals surface area contributed by atoms with Crippen molar-refractivity contribution in [1.82, 2.24) is 9.80 Å². The number of allylic oxidation sites excluding steroid dienone is 1. The average molecular weight is 425 g/mol. The quantitative estimate of drug-likeness (QED) is 0.408. The predicted octanol–water partition coefficient (Wildman–Crippen LogP) is 4.69. The molecular weight excluding hydrogens is 400 g/mol. The zero-order valence-corrected chi connectivity index (χ0v) is 17.7. The lowest BCUT2D eigenvalue weighted by Gasteiger charge is -2.44. The zero-order chi connectivity index (χ0) is 22.6. The van der Waals surface area contributed by atoms with Crippen molar-refractivity contribution in [3.63, 3.8) is 0 Å². The monoisotopic (exact) mass is 424 g/mol. The van der Waals surface area contributed by atoms with E-state index in [1.54, 1.807) is 30.3 Å². The fraction of sp³-hybridized carbons (Fsp3) is 0.148. The largest absolute Gasteiger partial charge is 0.334 e. The van der Waals surface area contributed by atoms with Crippen LogP contribution >= 0.6 is 0 Å². The van der Waals surface area contributed by atoms with Gasteiger partial charge in [0, 0.05) is 0 Å². The summed E-state index contributed by atoms with van der Waals surface area (Å²) in [4.78, 5) is 43.6. The van der Waals surface area contributed by atoms with Crippen LogP contribution in [0.15, 0.2) is 104 Å². The Bertz CT molecular complexity index is 1060. The van der Waals surface area contributed by atoms with Gasteiger partial charge in [-0.25, -0.2) is 4.79 Å². The number of amides is 4. The summed E-state index contributed by atoms with van der Waals surface area (Å²) in [5.41, 5.74) is 0.631. The topological polar surface area (TPSA) is 57.7 Å². The van der Waals surface area contributed by atoms with Crippen molar-refractivity contribution < 1.29 is 14.4 Å². The van der Waals surface area contributed by atoms with Gasteiger partial charge in [-0.3, -0.25) is 19.4 Å². The Morgan fingerprint density at radius 2 is 1.06 bits per heavy atom. The van der Waals surface area contributed by atoms with Crippen LogP contribution in [0.5, 0.6) is 0 Å². The molecule has 0 bridgehead atoms. The molecule has 3 aromatic rings. The molecule has 5 heteroatoms. The number of carbonyl (C=O) groups is 3. The molecular formula is C27H24N2O3. The third-order valence-corrected chi connectivity index (χ3v) is 5.77. The van der Waals surface area contributed by atoms with Crippen molar-refractivity contribution in [2.24, 2.45) is 0 Å². The number of hydrogen-bond donors (Lipinski definition) is 0. The molecule has 5 nitrogen and oxygen atoms in total. The van der Waals surface area contributed by atoms with E-state index in [0.717, 1.165) is 11.1 Å². The molecule has 3 aromatic carbocycles. The molecule has 0 aliphatic carbocycles. The van der Waals surface area contributed by atoms with Gasteiger partial charge >= 0.3 is 6.03 Å². The minimum atomic E-state index is -1.54. The van der Waals surface area contributed by atoms with Gasteiger partial charge in [-0.15, -0.1) is 6.58 Å². The van der Waals surface area contributed by atoms with Gasteiger partial charge in [0.15, 0.2) is 5.41 Å². The van der Waals surface area contributed by atoms with E-state index >= 15 is 0 Å². The van der Waals surface area contributed by atoms with Crippen LogP contribution in [0.2, 0.25) is 0 Å². The highest BCUT2D eigenvalue weighted by molar-refractivity contribution is 6.22. The Kier molecular flexibility index (Phi) is 5.99. The van der Waals surface area contributed by atoms with Crippen LogP contribution in [0.3, 0.4) is 0 Å². The van der Waals surface area contributed by atoms with E-state index in [2.05, 4.69) is 6.58 Å². The molecule has 0 spiro atoms. The highest BCUT2D eigenvalue weighted by Crippen LogP contribution is 2.38. The molecule has 32 heavy (non-hydrogen) atoms. The van der Waals surface area contributed by atoms with Crippen molar-refractivity contribution >= 4 is 17.8 Å². The number of benzene rings is 3. The van der Waals surface area contributed by atoms with Gasteiger partial charge in [-0.1, -0.05) is 97.1 Å². The molecule has 0 N–H and O–H groups in total. The molecule has 1 fully saturated rings. The summed E-state index contributed by atoms with van der Waals surface area (Å²) in [7, 11) is 0. The number of barbiturate groups is 1. The van der Waals surface area contributed by atoms with Gasteiger partial charge in [0.25, 0.3) is 11.8 Å². The van der Waals surface area contributed by atoms with Crippen molar-refractivity contribution in [2.45, 2.75) is 24.9 Å². The number of carbonyl (C=O) groups excluding carboxylic acids is 3. The van der Waals surface area contributed by atoms with Crippen LogP contribution in [-0.4, -0.2) is 27.6 Å². The number of imide groups is 2. The van der Waals surface area contributed by atoms with Crippen molar-refractivity contribution in [3.05, 3.63) is 120 Å². The first-order chi connectivity index (χ1) is 15.6. The average Bonchev–Trinajstić information content (AvgIpc) is 2.84. The second kappa shape index (κ2) is 9.02. The first kappa shape index (κ1) is 21.2. The maximum atomic E-state index is 13.9. The SMILES string of the molecule is C=CCC1(c2ccccc2)C(=O)N(Cc2ccccc2)C(=O)N(Cc2ccccc2)C1=O. The molecule has 0 atom stereocenters. The summed E-state index contributed by atoms with van der Waals surface area (Å²) in [6, 6.07) is 26.9. The van der Waals surface area contributed by atoms with E-state index in [-0.39, 0.29) is 19.5 Å². The van der Waals surface area contributed by atoms with E-state index in [9.17, 15) is 14.4 Å². The molecule has 4 amide bonds. The standard InChI is InChI=1S/C27H24N2O3/c1-2-18-27(23-16-10-5-11-17-23)24(30)28(19-21-12-6-3-7-13-21)26(32)29(25(27)31)20-22-14-8-4-9-15-22/h2-17H,1,18-20H2. The summed E-state index contributed by atoms with van der Waals surface area (Å²) < 4.78 is 0. The Morgan fingerprint density at radius 1 is 0.656 bits per heavy atom. The van der Waals surface area contributed by atoms with Gasteiger partial charge in [0.1, 0.15) is 0 Å². The summed E-state index contributed by atoms with van der Waals surface area (Å²) in [6.07, 6.45) is 1.67. The molecule has 4 rings (SSSR count). The van der Waals surface area contributed by atoms with Crippen LogP contribution in [0.4, 0.5) is 4.79 Å². The Labute approximate surface area is 187 Å². The van der Waals surface area contributed by atoms with Crippen molar-refractivity contribution in [3.8, 4) is 0 Å². The lowest BCUT2D eigenvalue weighted by molar-refractivity contribution is -0.153. The minimum absolute atomic E-state index is 0.0861. The smallest absolute Gasteiger partial charge is 0.273 e. The van der Waals surface area contributed by atoms with Crippen LogP contribution < -0.4 is 0 Å². The summed E-state index contributed by atoms with van der Waals surface area (Å²) in [6.45, 7) is 3.98. The van der Waals surface area contributed by atoms with Gasteiger partial charge < -0.3 is 0 Å². The normalized spacial score (nSPS) is 15.7. The number of rotatable bonds is 7. The lowest BCUT2D eigenvalue weighted by atomic mass is 9.73. The van der Waals surface area contributed by atoms with Crippen molar-refractivity contribution in [2.75, 3.05) is 0 Å². The first-order valence-corrected chi connectivity index (χ1v) is 10.5. The summed E-state index contributed by atoms with van der Waals surface area (Å²) in [5, 5.41) is 0. The highest BCUT2D eigenvalue weighted by atomic mass is 16.2. The molecule has 0 unspecified atom stereocenters. The van der Waals surface area contributed by atoms with E-state index in [1.807, 2.05) is 66.7 Å². The Balaban J connectivity index is 1.84. The molecule has 1 heterocycles. The third-order valence-electron chi connectivity index (χ3n) is 5.77. The minimum Gasteiger partial charge on any atom is -0.273 e. The maximum absolute atomic E-state index is 13.9. The molecule has 160 valence electrons. The van der Waals surface area contributed by atoms with Crippen LogP contribution in [-0.2, 0) is 28.1 Å². The molecule has 1 aliphatic rings. The lowest BCUT2D eigenvalue weighted by Crippen LogP contribution is -2.66. The van der Waals surface area contributed by atoms with Gasteiger partial charge in [0.2, 0.25) is 0 Å². The molecule has 0 aromatic heterocycles. The second-order valence-electron chi connectivity index (χ2n) is 7.80. The van der Waals surface area contributed by atoms with Crippen LogP contribution in [0, 0.1) is 0 Å². The van der Waals surface area contributed by atoms with E-state index in [0.29, 0.717) is 5.56 Å². The van der Waals surface area contributed by atoms with Gasteiger partial charge in [0.05, 0.1) is 13.1 Å². The molecule has 1 saturated heterocycles. The van der Waals surface area contributed by atoms with Gasteiger partial charge in [-0.2, -0.15) is 0 Å². The predicted molar refractivity (Wildman–Crippen MR) is 122 cm³/mol. The number of urea groups is 1. The molecule has 0 saturated carbocycles. The third kappa shape index (κ3) is 3.73. The Hall–Kier alpha value is -3.99. The van der Waals surface area contributed by atoms with E-state index in [1.165, 1.54) is 9.80 Å². The number of nitrogens with zero attached hydrogens (tertiary/aromatic N) is 2. The summed E-state index contributed by atoms with van der Waals surface area (Å²) >= 11 is 0. The fourth-order valence-electron chi connectivity index (χ4n) is 4.16. The van der Waals surface area contributed by atoms with E-state index in [4.69, 9.17) is 0 Å². The number of hydrogen-bond acceptors (Lipinski definition) is 3. The highest BCUT2D eigenvalue weighted by Gasteiger charge is 2.57. The van der Waals surface area contributed by atoms with Crippen LogP contribution in [0.25, 0.3) is 0 Å². The summed E-state index contributed by atoms with van der Waals surface area (Å²) in [5.74, 6) is -1.04. The van der Waals surface area contributed by atoms with Crippen molar-refractivity contribution in [1.29, 1.82) is 0 Å².